The predicted octanol–water partition coefficient (Wildman–Crippen LogP) is 2.32. The van der Waals surface area contributed by atoms with Crippen LogP contribution in [0.5, 0.6) is 0 Å². The summed E-state index contributed by atoms with van der Waals surface area (Å²) in [4.78, 5) is 12.1. The van der Waals surface area contributed by atoms with Gasteiger partial charge in [-0.3, -0.25) is 4.79 Å². The normalized spacial score (nSPS) is 26.9. The number of hydrogen-bond donors (Lipinski definition) is 2. The number of amides is 1. The van der Waals surface area contributed by atoms with Crippen LogP contribution in [0.25, 0.3) is 0 Å². The molecule has 0 saturated carbocycles. The van der Waals surface area contributed by atoms with E-state index in [0.717, 1.165) is 25.8 Å². The Labute approximate surface area is 106 Å². The van der Waals surface area contributed by atoms with Gasteiger partial charge in [-0.2, -0.15) is 0 Å². The van der Waals surface area contributed by atoms with Crippen LogP contribution in [0.2, 0.25) is 0 Å². The first-order valence-electron chi connectivity index (χ1n) is 7.04. The van der Waals surface area contributed by atoms with E-state index in [1.54, 1.807) is 0 Å². The average molecular weight is 240 g/mol. The Bertz CT molecular complexity index is 240. The molecular formula is C14H28N2O. The van der Waals surface area contributed by atoms with Gasteiger partial charge in [-0.1, -0.05) is 13.8 Å². The van der Waals surface area contributed by atoms with Gasteiger partial charge in [0, 0.05) is 12.1 Å². The van der Waals surface area contributed by atoms with Gasteiger partial charge in [0.25, 0.3) is 0 Å². The van der Waals surface area contributed by atoms with Gasteiger partial charge < -0.3 is 10.6 Å². The number of carbonyl (C=O) groups excluding carboxylic acids is 1. The minimum atomic E-state index is 0.158. The van der Waals surface area contributed by atoms with E-state index in [4.69, 9.17) is 0 Å². The highest BCUT2D eigenvalue weighted by Gasteiger charge is 2.27. The molecule has 3 nitrogen and oxygen atoms in total. The zero-order valence-corrected chi connectivity index (χ0v) is 11.8. The smallest absolute Gasteiger partial charge is 0.224 e. The van der Waals surface area contributed by atoms with Crippen LogP contribution in [-0.2, 0) is 4.79 Å². The maximum Gasteiger partial charge on any atom is 0.224 e. The Balaban J connectivity index is 2.32. The molecule has 0 aromatic carbocycles. The molecule has 3 heteroatoms. The Morgan fingerprint density at radius 1 is 1.35 bits per heavy atom. The third kappa shape index (κ3) is 5.07. The zero-order chi connectivity index (χ0) is 12.8. The van der Waals surface area contributed by atoms with E-state index in [1.165, 1.54) is 6.42 Å². The molecule has 0 aromatic rings. The zero-order valence-electron chi connectivity index (χ0n) is 11.8. The molecule has 1 saturated heterocycles. The lowest BCUT2D eigenvalue weighted by atomic mass is 9.91. The van der Waals surface area contributed by atoms with Crippen LogP contribution in [0.4, 0.5) is 0 Å². The average Bonchev–Trinajstić information content (AvgIpc) is 2.26. The van der Waals surface area contributed by atoms with Crippen molar-refractivity contribution in [1.82, 2.24) is 10.6 Å². The molecule has 0 aromatic heterocycles. The maximum atomic E-state index is 12.1. The topological polar surface area (TPSA) is 41.1 Å². The lowest BCUT2D eigenvalue weighted by molar-refractivity contribution is -0.127. The summed E-state index contributed by atoms with van der Waals surface area (Å²) in [6, 6.07) is 0.625. The van der Waals surface area contributed by atoms with Crippen molar-refractivity contribution < 1.29 is 4.79 Å². The Morgan fingerprint density at radius 3 is 2.65 bits per heavy atom. The third-order valence-corrected chi connectivity index (χ3v) is 3.66. The fourth-order valence-corrected chi connectivity index (χ4v) is 2.41. The molecule has 3 atom stereocenters. The number of carbonyl (C=O) groups is 1. The molecule has 2 N–H and O–H groups in total. The molecule has 1 rings (SSSR count). The molecule has 1 aliphatic rings. The van der Waals surface area contributed by atoms with Crippen LogP contribution in [-0.4, -0.2) is 24.5 Å². The van der Waals surface area contributed by atoms with Gasteiger partial charge in [0.2, 0.25) is 5.91 Å². The highest BCUT2D eigenvalue weighted by Crippen LogP contribution is 2.17. The first kappa shape index (κ1) is 14.5. The third-order valence-electron chi connectivity index (χ3n) is 3.66. The molecule has 1 aliphatic heterocycles. The van der Waals surface area contributed by atoms with Crippen molar-refractivity contribution in [2.75, 3.05) is 6.54 Å². The molecule has 0 aliphatic carbocycles. The van der Waals surface area contributed by atoms with Gasteiger partial charge in [-0.25, -0.2) is 0 Å². The second-order valence-electron chi connectivity index (χ2n) is 5.87. The summed E-state index contributed by atoms with van der Waals surface area (Å²) in [5.41, 5.74) is 0. The van der Waals surface area contributed by atoms with Crippen LogP contribution in [0.1, 0.15) is 53.4 Å². The number of nitrogens with one attached hydrogen (secondary N) is 2. The molecule has 1 heterocycles. The van der Waals surface area contributed by atoms with Gasteiger partial charge in [0.1, 0.15) is 0 Å². The molecular weight excluding hydrogens is 212 g/mol. The molecule has 1 fully saturated rings. The molecule has 0 bridgehead atoms. The van der Waals surface area contributed by atoms with Gasteiger partial charge in [-0.05, 0) is 52.0 Å². The van der Waals surface area contributed by atoms with Crippen molar-refractivity contribution in [2.24, 2.45) is 11.8 Å². The van der Waals surface area contributed by atoms with Crippen molar-refractivity contribution >= 4 is 5.91 Å². The molecule has 100 valence electrons. The van der Waals surface area contributed by atoms with Crippen molar-refractivity contribution in [2.45, 2.75) is 65.5 Å². The van der Waals surface area contributed by atoms with Gasteiger partial charge in [0.15, 0.2) is 0 Å². The van der Waals surface area contributed by atoms with Gasteiger partial charge >= 0.3 is 0 Å². The van der Waals surface area contributed by atoms with E-state index >= 15 is 0 Å². The van der Waals surface area contributed by atoms with Crippen LogP contribution >= 0.6 is 0 Å². The molecule has 17 heavy (non-hydrogen) atoms. The van der Waals surface area contributed by atoms with Crippen LogP contribution < -0.4 is 10.6 Å². The molecule has 3 unspecified atom stereocenters. The Morgan fingerprint density at radius 2 is 2.06 bits per heavy atom. The fraction of sp³-hybridized carbons (Fsp3) is 0.929. The summed E-state index contributed by atoms with van der Waals surface area (Å²) in [6.45, 7) is 9.72. The minimum Gasteiger partial charge on any atom is -0.353 e. The van der Waals surface area contributed by atoms with E-state index in [1.807, 2.05) is 0 Å². The second-order valence-corrected chi connectivity index (χ2v) is 5.87. The molecule has 0 spiro atoms. The van der Waals surface area contributed by atoms with Gasteiger partial charge in [0.05, 0.1) is 5.92 Å². The second kappa shape index (κ2) is 7.00. The summed E-state index contributed by atoms with van der Waals surface area (Å²) in [5.74, 6) is 1.11. The molecule has 0 radical (unpaired) electrons. The van der Waals surface area contributed by atoms with Crippen LogP contribution in [0.15, 0.2) is 0 Å². The largest absolute Gasteiger partial charge is 0.353 e. The quantitative estimate of drug-likeness (QED) is 0.774. The predicted molar refractivity (Wildman–Crippen MR) is 71.9 cm³/mol. The lowest BCUT2D eigenvalue weighted by Crippen LogP contribution is -2.48. The number of piperidine rings is 1. The first-order chi connectivity index (χ1) is 8.00. The van der Waals surface area contributed by atoms with Crippen LogP contribution in [0, 0.1) is 11.8 Å². The summed E-state index contributed by atoms with van der Waals surface area (Å²) in [6.07, 6.45) is 4.40. The fourth-order valence-electron chi connectivity index (χ4n) is 2.41. The van der Waals surface area contributed by atoms with E-state index in [-0.39, 0.29) is 11.8 Å². The summed E-state index contributed by atoms with van der Waals surface area (Å²) >= 11 is 0. The van der Waals surface area contributed by atoms with Crippen molar-refractivity contribution in [3.05, 3.63) is 0 Å². The molecule has 1 amide bonds. The van der Waals surface area contributed by atoms with Crippen molar-refractivity contribution in [3.8, 4) is 0 Å². The first-order valence-corrected chi connectivity index (χ1v) is 7.04. The summed E-state index contributed by atoms with van der Waals surface area (Å²) < 4.78 is 0. The van der Waals surface area contributed by atoms with Crippen molar-refractivity contribution in [3.63, 3.8) is 0 Å². The highest BCUT2D eigenvalue weighted by molar-refractivity contribution is 5.79. The number of rotatable bonds is 5. The number of hydrogen-bond acceptors (Lipinski definition) is 2. The van der Waals surface area contributed by atoms with Gasteiger partial charge in [-0.15, -0.1) is 0 Å². The van der Waals surface area contributed by atoms with Crippen molar-refractivity contribution in [1.29, 1.82) is 0 Å². The van der Waals surface area contributed by atoms with E-state index < -0.39 is 0 Å². The Kier molecular flexibility index (Phi) is 5.96. The highest BCUT2D eigenvalue weighted by atomic mass is 16.2. The maximum absolute atomic E-state index is 12.1. The van der Waals surface area contributed by atoms with Crippen LogP contribution in [0.3, 0.4) is 0 Å². The van der Waals surface area contributed by atoms with E-state index in [0.29, 0.717) is 18.0 Å². The lowest BCUT2D eigenvalue weighted by Gasteiger charge is -2.30. The monoisotopic (exact) mass is 240 g/mol. The van der Waals surface area contributed by atoms with E-state index in [9.17, 15) is 4.79 Å². The SMILES string of the molecule is CC(C)CCC(C)NC(=O)C1CCCNC1C. The van der Waals surface area contributed by atoms with E-state index in [2.05, 4.69) is 38.3 Å². The minimum absolute atomic E-state index is 0.158. The summed E-state index contributed by atoms with van der Waals surface area (Å²) in [7, 11) is 0. The standard InChI is InChI=1S/C14H28N2O/c1-10(2)7-8-11(3)16-14(17)13-6-5-9-15-12(13)4/h10-13,15H,5-9H2,1-4H3,(H,16,17). The summed E-state index contributed by atoms with van der Waals surface area (Å²) in [5, 5.41) is 6.53. The Hall–Kier alpha value is -0.570.